The number of aromatic nitrogens is 2. The van der Waals surface area contributed by atoms with Gasteiger partial charge in [0, 0.05) is 16.3 Å². The summed E-state index contributed by atoms with van der Waals surface area (Å²) in [6.07, 6.45) is 0. The number of methoxy groups -OCH3 is 1. The lowest BCUT2D eigenvalue weighted by Gasteiger charge is -2.05. The number of hydrogen-bond donors (Lipinski definition) is 0. The molecule has 0 aliphatic rings. The van der Waals surface area contributed by atoms with Crippen molar-refractivity contribution >= 4 is 23.4 Å². The number of ether oxygens (including phenoxy) is 1. The summed E-state index contributed by atoms with van der Waals surface area (Å²) in [5.74, 6) is -0.677. The van der Waals surface area contributed by atoms with Gasteiger partial charge in [0.2, 0.25) is 0 Å². The summed E-state index contributed by atoms with van der Waals surface area (Å²) in [6.45, 7) is 1.81. The molecule has 0 aliphatic heterocycles. The Morgan fingerprint density at radius 3 is 2.52 bits per heavy atom. The van der Waals surface area contributed by atoms with E-state index in [1.54, 1.807) is 19.1 Å². The molecule has 0 radical (unpaired) electrons. The largest absolute Gasteiger partial charge is 0.463 e. The molecule has 6 nitrogen and oxygen atoms in total. The van der Waals surface area contributed by atoms with Crippen molar-refractivity contribution in [1.82, 2.24) is 9.78 Å². The number of nitrogens with zero attached hydrogens (tertiary/aromatic N) is 3. The third-order valence-electron chi connectivity index (χ3n) is 2.77. The normalized spacial score (nSPS) is 11.3. The second-order valence-corrected chi connectivity index (χ2v) is 4.62. The van der Waals surface area contributed by atoms with E-state index in [1.807, 2.05) is 18.2 Å². The van der Waals surface area contributed by atoms with Crippen LogP contribution in [0.1, 0.15) is 5.69 Å². The Bertz CT molecular complexity index is 677. The van der Waals surface area contributed by atoms with Crippen molar-refractivity contribution in [2.45, 2.75) is 6.92 Å². The van der Waals surface area contributed by atoms with Crippen molar-refractivity contribution in [3.8, 4) is 11.3 Å². The highest BCUT2D eigenvalue weighted by Crippen LogP contribution is 2.21. The molecule has 2 rings (SSSR count). The number of aryl methyl sites for hydroxylation is 1. The van der Waals surface area contributed by atoms with E-state index in [1.165, 1.54) is 18.9 Å². The standard InChI is InChI=1S/C14H14ClN3O3/c1-9-8-12(10-4-6-11(15)7-5-10)16-18(9)13(17-21-3)14(19)20-2/h4-8H,1-3H3/b17-13-. The maximum atomic E-state index is 11.7. The Hall–Kier alpha value is -2.34. The average molecular weight is 308 g/mol. The Morgan fingerprint density at radius 2 is 1.95 bits per heavy atom. The van der Waals surface area contributed by atoms with Crippen LogP contribution in [0.4, 0.5) is 0 Å². The lowest BCUT2D eigenvalue weighted by atomic mass is 10.1. The van der Waals surface area contributed by atoms with Gasteiger partial charge in [-0.1, -0.05) is 28.9 Å². The fraction of sp³-hybridized carbons (Fsp3) is 0.214. The summed E-state index contributed by atoms with van der Waals surface area (Å²) in [4.78, 5) is 16.4. The first-order chi connectivity index (χ1) is 10.1. The van der Waals surface area contributed by atoms with Crippen LogP contribution in [-0.4, -0.2) is 35.8 Å². The maximum absolute atomic E-state index is 11.7. The zero-order valence-corrected chi connectivity index (χ0v) is 12.6. The molecule has 21 heavy (non-hydrogen) atoms. The van der Waals surface area contributed by atoms with Gasteiger partial charge in [-0.2, -0.15) is 5.10 Å². The van der Waals surface area contributed by atoms with E-state index in [0.717, 1.165) is 11.3 Å². The lowest BCUT2D eigenvalue weighted by molar-refractivity contribution is -0.133. The quantitative estimate of drug-likeness (QED) is 0.370. The highest BCUT2D eigenvalue weighted by atomic mass is 35.5. The van der Waals surface area contributed by atoms with Crippen LogP contribution in [0.3, 0.4) is 0 Å². The molecule has 0 saturated heterocycles. The fourth-order valence-electron chi connectivity index (χ4n) is 1.79. The molecule has 0 saturated carbocycles. The van der Waals surface area contributed by atoms with Crippen molar-refractivity contribution in [3.05, 3.63) is 41.0 Å². The van der Waals surface area contributed by atoms with Gasteiger partial charge in [-0.25, -0.2) is 9.48 Å². The summed E-state index contributed by atoms with van der Waals surface area (Å²) in [5, 5.41) is 8.67. The molecule has 0 N–H and O–H groups in total. The molecule has 7 heteroatoms. The third kappa shape index (κ3) is 3.22. The SMILES string of the molecule is CO/N=C(/C(=O)OC)n1nc(-c2ccc(Cl)cc2)cc1C. The molecule has 0 unspecified atom stereocenters. The molecule has 0 bridgehead atoms. The molecule has 110 valence electrons. The van der Waals surface area contributed by atoms with E-state index in [4.69, 9.17) is 11.6 Å². The Labute approximate surface area is 126 Å². The molecule has 0 fully saturated rings. The average Bonchev–Trinajstić information content (AvgIpc) is 2.86. The van der Waals surface area contributed by atoms with Crippen molar-refractivity contribution in [1.29, 1.82) is 0 Å². The molecule has 0 atom stereocenters. The van der Waals surface area contributed by atoms with Gasteiger partial charge in [-0.05, 0) is 25.1 Å². The zero-order valence-electron chi connectivity index (χ0n) is 11.8. The van der Waals surface area contributed by atoms with Crippen LogP contribution < -0.4 is 0 Å². The van der Waals surface area contributed by atoms with E-state index in [0.29, 0.717) is 10.7 Å². The molecule has 1 aromatic carbocycles. The minimum absolute atomic E-state index is 0.0438. The number of halogens is 1. The van der Waals surface area contributed by atoms with Crippen molar-refractivity contribution in [2.24, 2.45) is 5.16 Å². The first kappa shape index (κ1) is 15.1. The van der Waals surface area contributed by atoms with E-state index >= 15 is 0 Å². The van der Waals surface area contributed by atoms with Crippen molar-refractivity contribution in [2.75, 3.05) is 14.2 Å². The van der Waals surface area contributed by atoms with Gasteiger partial charge in [0.25, 0.3) is 5.84 Å². The molecule has 1 aromatic heterocycles. The van der Waals surface area contributed by atoms with Gasteiger partial charge >= 0.3 is 5.97 Å². The van der Waals surface area contributed by atoms with Crippen LogP contribution in [-0.2, 0) is 14.4 Å². The Balaban J connectivity index is 2.45. The summed E-state index contributed by atoms with van der Waals surface area (Å²) < 4.78 is 6.05. The molecule has 0 spiro atoms. The third-order valence-corrected chi connectivity index (χ3v) is 3.03. The van der Waals surface area contributed by atoms with Crippen LogP contribution in [0.5, 0.6) is 0 Å². The number of benzene rings is 1. The van der Waals surface area contributed by atoms with Gasteiger partial charge in [0.05, 0.1) is 12.8 Å². The highest BCUT2D eigenvalue weighted by Gasteiger charge is 2.19. The summed E-state index contributed by atoms with van der Waals surface area (Å²) in [7, 11) is 2.62. The number of rotatable bonds is 2. The number of carbonyl (C=O) groups is 1. The zero-order chi connectivity index (χ0) is 15.4. The molecular formula is C14H14ClN3O3. The van der Waals surface area contributed by atoms with Gasteiger partial charge in [0.15, 0.2) is 0 Å². The summed E-state index contributed by atoms with van der Waals surface area (Å²) in [5.41, 5.74) is 2.29. The summed E-state index contributed by atoms with van der Waals surface area (Å²) >= 11 is 5.87. The topological polar surface area (TPSA) is 65.7 Å². The Kier molecular flexibility index (Phi) is 4.59. The smallest absolute Gasteiger partial charge is 0.379 e. The number of oxime groups is 1. The van der Waals surface area contributed by atoms with Crippen LogP contribution >= 0.6 is 11.6 Å². The van der Waals surface area contributed by atoms with E-state index in [9.17, 15) is 4.79 Å². The van der Waals surface area contributed by atoms with Gasteiger partial charge < -0.3 is 9.57 Å². The monoisotopic (exact) mass is 307 g/mol. The number of esters is 1. The van der Waals surface area contributed by atoms with Gasteiger partial charge in [0.1, 0.15) is 7.11 Å². The van der Waals surface area contributed by atoms with Crippen LogP contribution in [0.2, 0.25) is 5.02 Å². The fourth-order valence-corrected chi connectivity index (χ4v) is 1.92. The summed E-state index contributed by atoms with van der Waals surface area (Å²) in [6, 6.07) is 9.07. The predicted octanol–water partition coefficient (Wildman–Crippen LogP) is 2.49. The van der Waals surface area contributed by atoms with Gasteiger partial charge in [-0.3, -0.25) is 0 Å². The second-order valence-electron chi connectivity index (χ2n) is 4.18. The highest BCUT2D eigenvalue weighted by molar-refractivity contribution is 6.35. The second kappa shape index (κ2) is 6.41. The van der Waals surface area contributed by atoms with Crippen LogP contribution in [0, 0.1) is 6.92 Å². The molecule has 0 aliphatic carbocycles. The van der Waals surface area contributed by atoms with Crippen LogP contribution in [0.15, 0.2) is 35.5 Å². The molecule has 0 amide bonds. The first-order valence-corrected chi connectivity index (χ1v) is 6.47. The molecule has 2 aromatic rings. The van der Waals surface area contributed by atoms with E-state index in [2.05, 4.69) is 19.8 Å². The number of carbonyl (C=O) groups excluding carboxylic acids is 1. The van der Waals surface area contributed by atoms with E-state index < -0.39 is 5.97 Å². The molecule has 1 heterocycles. The van der Waals surface area contributed by atoms with E-state index in [-0.39, 0.29) is 5.84 Å². The van der Waals surface area contributed by atoms with Gasteiger partial charge in [-0.15, -0.1) is 0 Å². The Morgan fingerprint density at radius 1 is 1.29 bits per heavy atom. The maximum Gasteiger partial charge on any atom is 0.379 e. The minimum atomic E-state index is -0.634. The van der Waals surface area contributed by atoms with Crippen LogP contribution in [0.25, 0.3) is 11.3 Å². The predicted molar refractivity (Wildman–Crippen MR) is 79.3 cm³/mol. The van der Waals surface area contributed by atoms with Crippen molar-refractivity contribution < 1.29 is 14.4 Å². The lowest BCUT2D eigenvalue weighted by Crippen LogP contribution is -2.26. The van der Waals surface area contributed by atoms with Crippen molar-refractivity contribution in [3.63, 3.8) is 0 Å². The first-order valence-electron chi connectivity index (χ1n) is 6.09. The number of hydrogen-bond acceptors (Lipinski definition) is 5. The minimum Gasteiger partial charge on any atom is -0.463 e. The molecular weight excluding hydrogens is 294 g/mol.